The molecule has 4 nitrogen and oxygen atoms in total. The van der Waals surface area contributed by atoms with Gasteiger partial charge in [0, 0.05) is 18.7 Å². The van der Waals surface area contributed by atoms with Gasteiger partial charge in [0.2, 0.25) is 0 Å². The van der Waals surface area contributed by atoms with Crippen molar-refractivity contribution in [2.24, 2.45) is 0 Å². The Labute approximate surface area is 103 Å². The predicted octanol–water partition coefficient (Wildman–Crippen LogP) is 2.23. The van der Waals surface area contributed by atoms with Crippen LogP contribution in [0.1, 0.15) is 37.0 Å². The number of nitrogens with two attached hydrogens (primary N) is 1. The topological polar surface area (TPSA) is 67.2 Å². The molecule has 0 saturated heterocycles. The van der Waals surface area contributed by atoms with E-state index in [4.69, 9.17) is 5.73 Å². The van der Waals surface area contributed by atoms with Crippen LogP contribution in [0, 0.1) is 0 Å². The van der Waals surface area contributed by atoms with Crippen LogP contribution >= 0.6 is 0 Å². The summed E-state index contributed by atoms with van der Waals surface area (Å²) < 4.78 is 0. The molecular formula is C13H21N3O. The lowest BCUT2D eigenvalue weighted by molar-refractivity contribution is 0.0963. The van der Waals surface area contributed by atoms with Gasteiger partial charge in [0.1, 0.15) is 0 Å². The number of benzene rings is 1. The first-order valence-electron chi connectivity index (χ1n) is 5.96. The van der Waals surface area contributed by atoms with E-state index in [0.29, 0.717) is 17.3 Å². The zero-order valence-electron chi connectivity index (χ0n) is 10.7. The fraction of sp³-hybridized carbons (Fsp3) is 0.462. The average molecular weight is 235 g/mol. The summed E-state index contributed by atoms with van der Waals surface area (Å²) in [5.74, 6) is -0.121. The van der Waals surface area contributed by atoms with Gasteiger partial charge in [-0.3, -0.25) is 4.79 Å². The first kappa shape index (κ1) is 13.4. The fourth-order valence-corrected chi connectivity index (χ4v) is 1.75. The van der Waals surface area contributed by atoms with Gasteiger partial charge in [0.15, 0.2) is 0 Å². The highest BCUT2D eigenvalue weighted by Crippen LogP contribution is 2.21. The normalized spacial score (nSPS) is 11.9. The van der Waals surface area contributed by atoms with Crippen molar-refractivity contribution in [2.45, 2.75) is 32.7 Å². The number of carbonyl (C=O) groups is 1. The van der Waals surface area contributed by atoms with Crippen molar-refractivity contribution in [3.63, 3.8) is 0 Å². The van der Waals surface area contributed by atoms with Crippen molar-refractivity contribution in [3.05, 3.63) is 23.8 Å². The third-order valence-electron chi connectivity index (χ3n) is 2.66. The Morgan fingerprint density at radius 1 is 1.47 bits per heavy atom. The zero-order valence-corrected chi connectivity index (χ0v) is 10.7. The third kappa shape index (κ3) is 3.66. The molecule has 0 spiro atoms. The van der Waals surface area contributed by atoms with E-state index in [9.17, 15) is 4.79 Å². The number of hydrogen-bond acceptors (Lipinski definition) is 3. The van der Waals surface area contributed by atoms with Crippen molar-refractivity contribution in [2.75, 3.05) is 18.1 Å². The number of amides is 1. The Hall–Kier alpha value is -1.71. The van der Waals surface area contributed by atoms with Crippen molar-refractivity contribution < 1.29 is 4.79 Å². The van der Waals surface area contributed by atoms with E-state index >= 15 is 0 Å². The Morgan fingerprint density at radius 2 is 2.18 bits per heavy atom. The van der Waals surface area contributed by atoms with Gasteiger partial charge in [-0.1, -0.05) is 13.3 Å². The molecule has 0 aliphatic rings. The molecule has 0 unspecified atom stereocenters. The van der Waals surface area contributed by atoms with E-state index in [1.165, 1.54) is 0 Å². The SMILES string of the molecule is CCC[C@@H](C)Nc1ccc(C(=O)NC)cc1N. The van der Waals surface area contributed by atoms with E-state index in [-0.39, 0.29) is 5.91 Å². The average Bonchev–Trinajstić information content (AvgIpc) is 2.31. The Kier molecular flexibility index (Phi) is 4.82. The molecular weight excluding hydrogens is 214 g/mol. The zero-order chi connectivity index (χ0) is 12.8. The van der Waals surface area contributed by atoms with Crippen molar-refractivity contribution in [3.8, 4) is 0 Å². The molecule has 0 saturated carbocycles. The molecule has 0 fully saturated rings. The standard InChI is InChI=1S/C13H21N3O/c1-4-5-9(2)16-12-7-6-10(8-11(12)14)13(17)15-3/h6-9,16H,4-5,14H2,1-3H3,(H,15,17)/t9-/m1/s1. The molecule has 4 N–H and O–H groups in total. The summed E-state index contributed by atoms with van der Waals surface area (Å²) in [5.41, 5.74) is 7.99. The van der Waals surface area contributed by atoms with Crippen LogP contribution in [0.2, 0.25) is 0 Å². The quantitative estimate of drug-likeness (QED) is 0.686. The van der Waals surface area contributed by atoms with Gasteiger partial charge in [0.25, 0.3) is 5.91 Å². The minimum Gasteiger partial charge on any atom is -0.397 e. The molecule has 1 aromatic carbocycles. The molecule has 0 bridgehead atoms. The highest BCUT2D eigenvalue weighted by atomic mass is 16.1. The maximum Gasteiger partial charge on any atom is 0.251 e. The summed E-state index contributed by atoms with van der Waals surface area (Å²) in [4.78, 5) is 11.4. The van der Waals surface area contributed by atoms with Crippen LogP contribution in [-0.2, 0) is 0 Å². The second-order valence-electron chi connectivity index (χ2n) is 4.22. The van der Waals surface area contributed by atoms with Gasteiger partial charge in [-0.25, -0.2) is 0 Å². The van der Waals surface area contributed by atoms with Gasteiger partial charge in [-0.15, -0.1) is 0 Å². The lowest BCUT2D eigenvalue weighted by atomic mass is 10.1. The predicted molar refractivity (Wildman–Crippen MR) is 72.2 cm³/mol. The molecule has 0 aliphatic heterocycles. The minimum atomic E-state index is -0.121. The van der Waals surface area contributed by atoms with Crippen molar-refractivity contribution in [1.82, 2.24) is 5.32 Å². The van der Waals surface area contributed by atoms with E-state index in [1.807, 2.05) is 6.07 Å². The van der Waals surface area contributed by atoms with Crippen molar-refractivity contribution >= 4 is 17.3 Å². The summed E-state index contributed by atoms with van der Waals surface area (Å²) >= 11 is 0. The Bertz CT molecular complexity index is 390. The van der Waals surface area contributed by atoms with Crippen molar-refractivity contribution in [1.29, 1.82) is 0 Å². The monoisotopic (exact) mass is 235 g/mol. The summed E-state index contributed by atoms with van der Waals surface area (Å²) in [5, 5.41) is 5.91. The summed E-state index contributed by atoms with van der Waals surface area (Å²) in [6, 6.07) is 5.70. The second-order valence-corrected chi connectivity index (χ2v) is 4.22. The molecule has 4 heteroatoms. The molecule has 17 heavy (non-hydrogen) atoms. The van der Waals surface area contributed by atoms with E-state index in [0.717, 1.165) is 18.5 Å². The number of nitrogen functional groups attached to an aromatic ring is 1. The molecule has 1 atom stereocenters. The van der Waals surface area contributed by atoms with Crippen LogP contribution in [0.5, 0.6) is 0 Å². The van der Waals surface area contributed by atoms with Crippen LogP contribution in [0.15, 0.2) is 18.2 Å². The number of nitrogens with one attached hydrogen (secondary N) is 2. The number of anilines is 2. The molecule has 0 aromatic heterocycles. The van der Waals surface area contributed by atoms with Gasteiger partial charge < -0.3 is 16.4 Å². The summed E-state index contributed by atoms with van der Waals surface area (Å²) in [6.45, 7) is 4.27. The highest BCUT2D eigenvalue weighted by molar-refractivity contribution is 5.95. The minimum absolute atomic E-state index is 0.121. The molecule has 1 aromatic rings. The molecule has 1 rings (SSSR count). The van der Waals surface area contributed by atoms with Crippen LogP contribution in [0.4, 0.5) is 11.4 Å². The van der Waals surface area contributed by atoms with Crippen LogP contribution in [0.3, 0.4) is 0 Å². The van der Waals surface area contributed by atoms with Crippen LogP contribution in [0.25, 0.3) is 0 Å². The third-order valence-corrected chi connectivity index (χ3v) is 2.66. The lowest BCUT2D eigenvalue weighted by Crippen LogP contribution is -2.19. The maximum absolute atomic E-state index is 11.4. The first-order valence-corrected chi connectivity index (χ1v) is 5.96. The largest absolute Gasteiger partial charge is 0.397 e. The summed E-state index contributed by atoms with van der Waals surface area (Å²) in [6.07, 6.45) is 2.22. The number of rotatable bonds is 5. The maximum atomic E-state index is 11.4. The van der Waals surface area contributed by atoms with Gasteiger partial charge in [-0.05, 0) is 31.5 Å². The lowest BCUT2D eigenvalue weighted by Gasteiger charge is -2.16. The van der Waals surface area contributed by atoms with Crippen LogP contribution < -0.4 is 16.4 Å². The molecule has 94 valence electrons. The van der Waals surface area contributed by atoms with Crippen LogP contribution in [-0.4, -0.2) is 19.0 Å². The van der Waals surface area contributed by atoms with E-state index < -0.39 is 0 Å². The molecule has 1 amide bonds. The first-order chi connectivity index (χ1) is 8.08. The highest BCUT2D eigenvalue weighted by Gasteiger charge is 2.08. The molecule has 0 aliphatic carbocycles. The Morgan fingerprint density at radius 3 is 2.71 bits per heavy atom. The fourth-order valence-electron chi connectivity index (χ4n) is 1.75. The van der Waals surface area contributed by atoms with E-state index in [1.54, 1.807) is 19.2 Å². The number of hydrogen-bond donors (Lipinski definition) is 3. The molecule has 0 heterocycles. The van der Waals surface area contributed by atoms with Gasteiger partial charge >= 0.3 is 0 Å². The van der Waals surface area contributed by atoms with E-state index in [2.05, 4.69) is 24.5 Å². The Balaban J connectivity index is 2.79. The van der Waals surface area contributed by atoms with Gasteiger partial charge in [0.05, 0.1) is 11.4 Å². The smallest absolute Gasteiger partial charge is 0.251 e. The summed E-state index contributed by atoms with van der Waals surface area (Å²) in [7, 11) is 1.61. The molecule has 0 radical (unpaired) electrons. The number of carbonyl (C=O) groups excluding carboxylic acids is 1. The van der Waals surface area contributed by atoms with Gasteiger partial charge in [-0.2, -0.15) is 0 Å². The second kappa shape index (κ2) is 6.13.